The molecule has 48 heavy (non-hydrogen) atoms. The Morgan fingerprint density at radius 2 is 0.938 bits per heavy atom. The third-order valence-corrected chi connectivity index (χ3v) is 8.98. The largest absolute Gasteiger partial charge is 0.394 e. The van der Waals surface area contributed by atoms with Gasteiger partial charge in [-0.2, -0.15) is 0 Å². The Hall–Kier alpha value is -1.73. The molecule has 0 saturated heterocycles. The molecule has 0 radical (unpaired) electrons. The average Bonchev–Trinajstić information content (AvgIpc) is 3.09. The van der Waals surface area contributed by atoms with Gasteiger partial charge >= 0.3 is 0 Å². The van der Waals surface area contributed by atoms with Crippen LogP contribution in [0.5, 0.6) is 0 Å². The summed E-state index contributed by atoms with van der Waals surface area (Å²) in [5.41, 5.74) is 0. The van der Waals surface area contributed by atoms with Gasteiger partial charge in [-0.15, -0.1) is 0 Å². The molecule has 280 valence electrons. The van der Waals surface area contributed by atoms with E-state index in [9.17, 15) is 25.2 Å². The molecule has 0 aliphatic rings. The summed E-state index contributed by atoms with van der Waals surface area (Å²) >= 11 is 0. The number of amides is 1. The highest BCUT2D eigenvalue weighted by Crippen LogP contribution is 2.14. The van der Waals surface area contributed by atoms with Crippen molar-refractivity contribution in [3.63, 3.8) is 0 Å². The molecule has 0 aromatic rings. The predicted octanol–water partition coefficient (Wildman–Crippen LogP) is 9.95. The fourth-order valence-corrected chi connectivity index (χ4v) is 5.79. The Bertz CT molecular complexity index is 808. The molecule has 0 aliphatic heterocycles. The van der Waals surface area contributed by atoms with Gasteiger partial charge in [-0.1, -0.05) is 146 Å². The van der Waals surface area contributed by atoms with Crippen molar-refractivity contribution in [1.29, 1.82) is 0 Å². The van der Waals surface area contributed by atoms with Gasteiger partial charge in [-0.3, -0.25) is 4.79 Å². The van der Waals surface area contributed by atoms with E-state index in [-0.39, 0.29) is 0 Å². The number of nitrogens with one attached hydrogen (secondary N) is 1. The first-order valence-corrected chi connectivity index (χ1v) is 20.0. The number of aliphatic hydroxyl groups is 4. The SMILES string of the molecule is CC/C=C/CC/C=C/CC/C=C/CCCC(O)C(O)C(CO)NC(=O)C(O)CCCCCCCC/C=C\CCCCCCCCCCC. The molecule has 0 aliphatic carbocycles. The van der Waals surface area contributed by atoms with E-state index in [1.165, 1.54) is 77.0 Å². The summed E-state index contributed by atoms with van der Waals surface area (Å²) in [5.74, 6) is -0.607. The maximum atomic E-state index is 12.5. The summed E-state index contributed by atoms with van der Waals surface area (Å²) in [6.45, 7) is 3.90. The van der Waals surface area contributed by atoms with Crippen LogP contribution in [0.15, 0.2) is 48.6 Å². The Morgan fingerprint density at radius 3 is 1.42 bits per heavy atom. The van der Waals surface area contributed by atoms with Gasteiger partial charge in [0, 0.05) is 0 Å². The van der Waals surface area contributed by atoms with E-state index in [0.29, 0.717) is 19.3 Å². The standard InChI is InChI=1S/C42H77NO5/c1-3-5-7-9-11-13-15-17-18-19-20-21-22-24-26-28-30-32-34-36-40(46)42(48)43-38(37-44)41(47)39(45)35-33-31-29-27-25-23-16-14-12-10-8-6-4-2/h6,8,14,16,20-21,27,29,38-41,44-47H,3-5,7,9-13,15,17-19,22-26,28,30-37H2,1-2H3,(H,43,48)/b8-6+,16-14+,21-20-,29-27+. The van der Waals surface area contributed by atoms with Crippen LogP contribution in [-0.4, -0.2) is 57.3 Å². The van der Waals surface area contributed by atoms with E-state index in [0.717, 1.165) is 70.6 Å². The molecule has 0 fully saturated rings. The van der Waals surface area contributed by atoms with E-state index in [4.69, 9.17) is 0 Å². The van der Waals surface area contributed by atoms with Gasteiger partial charge in [0.15, 0.2) is 0 Å². The molecule has 0 rings (SSSR count). The van der Waals surface area contributed by atoms with Crippen molar-refractivity contribution in [2.75, 3.05) is 6.61 Å². The fraction of sp³-hybridized carbons (Fsp3) is 0.786. The van der Waals surface area contributed by atoms with Gasteiger partial charge in [-0.25, -0.2) is 0 Å². The van der Waals surface area contributed by atoms with Crippen molar-refractivity contribution >= 4 is 5.91 Å². The van der Waals surface area contributed by atoms with Crippen LogP contribution in [0.4, 0.5) is 0 Å². The number of allylic oxidation sites excluding steroid dienone is 8. The van der Waals surface area contributed by atoms with Crippen LogP contribution in [0.3, 0.4) is 0 Å². The van der Waals surface area contributed by atoms with Crippen molar-refractivity contribution in [2.45, 2.75) is 205 Å². The molecule has 6 nitrogen and oxygen atoms in total. The second kappa shape index (κ2) is 36.5. The van der Waals surface area contributed by atoms with Crippen LogP contribution in [0.25, 0.3) is 0 Å². The molecule has 0 heterocycles. The van der Waals surface area contributed by atoms with Crippen molar-refractivity contribution in [2.24, 2.45) is 0 Å². The summed E-state index contributed by atoms with van der Waals surface area (Å²) in [5, 5.41) is 43.5. The lowest BCUT2D eigenvalue weighted by molar-refractivity contribution is -0.132. The Labute approximate surface area is 296 Å². The van der Waals surface area contributed by atoms with Gasteiger partial charge in [0.25, 0.3) is 0 Å². The van der Waals surface area contributed by atoms with Crippen LogP contribution in [-0.2, 0) is 4.79 Å². The zero-order chi connectivity index (χ0) is 35.3. The minimum Gasteiger partial charge on any atom is -0.394 e. The molecule has 5 N–H and O–H groups in total. The maximum Gasteiger partial charge on any atom is 0.249 e. The molecule has 0 saturated carbocycles. The van der Waals surface area contributed by atoms with Crippen LogP contribution in [0, 0.1) is 0 Å². The molecule has 0 aromatic heterocycles. The zero-order valence-electron chi connectivity index (χ0n) is 31.2. The zero-order valence-corrected chi connectivity index (χ0v) is 31.2. The number of rotatable bonds is 35. The molecular formula is C42H77NO5. The highest BCUT2D eigenvalue weighted by molar-refractivity contribution is 5.80. The maximum absolute atomic E-state index is 12.5. The lowest BCUT2D eigenvalue weighted by atomic mass is 10.00. The van der Waals surface area contributed by atoms with E-state index >= 15 is 0 Å². The molecule has 1 amide bonds. The van der Waals surface area contributed by atoms with Crippen LogP contribution < -0.4 is 5.32 Å². The van der Waals surface area contributed by atoms with Gasteiger partial charge in [0.1, 0.15) is 12.2 Å². The van der Waals surface area contributed by atoms with Crippen LogP contribution in [0.1, 0.15) is 181 Å². The second-order valence-corrected chi connectivity index (χ2v) is 13.6. The first-order valence-electron chi connectivity index (χ1n) is 20.0. The molecule has 4 unspecified atom stereocenters. The minimum atomic E-state index is -1.29. The highest BCUT2D eigenvalue weighted by atomic mass is 16.3. The van der Waals surface area contributed by atoms with Crippen molar-refractivity contribution < 1.29 is 25.2 Å². The lowest BCUT2D eigenvalue weighted by Crippen LogP contribution is -2.53. The molecule has 0 bridgehead atoms. The highest BCUT2D eigenvalue weighted by Gasteiger charge is 2.28. The summed E-state index contributed by atoms with van der Waals surface area (Å²) in [4.78, 5) is 12.5. The molecular weight excluding hydrogens is 598 g/mol. The number of hydrogen-bond donors (Lipinski definition) is 5. The van der Waals surface area contributed by atoms with Crippen LogP contribution in [0.2, 0.25) is 0 Å². The third kappa shape index (κ3) is 30.3. The van der Waals surface area contributed by atoms with Crippen molar-refractivity contribution in [1.82, 2.24) is 5.32 Å². The number of aliphatic hydroxyl groups excluding tert-OH is 4. The monoisotopic (exact) mass is 676 g/mol. The Morgan fingerprint density at radius 1 is 0.521 bits per heavy atom. The number of carbonyl (C=O) groups excluding carboxylic acids is 1. The molecule has 4 atom stereocenters. The average molecular weight is 676 g/mol. The Balaban J connectivity index is 3.84. The van der Waals surface area contributed by atoms with Gasteiger partial charge in [0.2, 0.25) is 5.91 Å². The van der Waals surface area contributed by atoms with E-state index in [2.05, 4.69) is 67.8 Å². The van der Waals surface area contributed by atoms with Gasteiger partial charge in [0.05, 0.1) is 18.8 Å². The molecule has 6 heteroatoms. The van der Waals surface area contributed by atoms with E-state index in [1.807, 2.05) is 0 Å². The molecule has 0 spiro atoms. The summed E-state index contributed by atoms with van der Waals surface area (Å²) in [7, 11) is 0. The second-order valence-electron chi connectivity index (χ2n) is 13.6. The fourth-order valence-electron chi connectivity index (χ4n) is 5.79. The smallest absolute Gasteiger partial charge is 0.249 e. The minimum absolute atomic E-state index is 0.350. The number of carbonyl (C=O) groups is 1. The predicted molar refractivity (Wildman–Crippen MR) is 205 cm³/mol. The van der Waals surface area contributed by atoms with Gasteiger partial charge in [-0.05, 0) is 83.5 Å². The third-order valence-electron chi connectivity index (χ3n) is 8.98. The van der Waals surface area contributed by atoms with E-state index in [1.54, 1.807) is 0 Å². The van der Waals surface area contributed by atoms with Gasteiger partial charge < -0.3 is 25.7 Å². The van der Waals surface area contributed by atoms with E-state index < -0.39 is 36.9 Å². The molecule has 0 aromatic carbocycles. The first-order chi connectivity index (χ1) is 23.5. The topological polar surface area (TPSA) is 110 Å². The number of unbranched alkanes of at least 4 members (excludes halogenated alkanes) is 18. The Kier molecular flexibility index (Phi) is 35.2. The normalized spacial score (nSPS) is 14.9. The lowest BCUT2D eigenvalue weighted by Gasteiger charge is -2.27. The van der Waals surface area contributed by atoms with Crippen molar-refractivity contribution in [3.05, 3.63) is 48.6 Å². The summed E-state index contributed by atoms with van der Waals surface area (Å²) < 4.78 is 0. The quantitative estimate of drug-likeness (QED) is 0.0339. The van der Waals surface area contributed by atoms with Crippen LogP contribution >= 0.6 is 0 Å². The summed E-state index contributed by atoms with van der Waals surface area (Å²) in [6, 6.07) is -1.01. The number of hydrogen-bond acceptors (Lipinski definition) is 5. The first kappa shape index (κ1) is 46.3. The summed E-state index contributed by atoms with van der Waals surface area (Å²) in [6.07, 6.45) is 42.8. The van der Waals surface area contributed by atoms with Crippen molar-refractivity contribution in [3.8, 4) is 0 Å².